The van der Waals surface area contributed by atoms with Gasteiger partial charge in [0.05, 0.1) is 6.04 Å². The van der Waals surface area contributed by atoms with E-state index in [9.17, 15) is 17.6 Å². The molecular weight excluding hydrogens is 166 g/mol. The fourth-order valence-corrected chi connectivity index (χ4v) is 0.493. The first kappa shape index (κ1) is 10.6. The molecule has 0 aromatic rings. The van der Waals surface area contributed by atoms with Gasteiger partial charge < -0.3 is 10.8 Å². The molecule has 0 aliphatic heterocycles. The molecule has 0 rings (SSSR count). The highest BCUT2D eigenvalue weighted by molar-refractivity contribution is 4.82. The number of nitrogens with two attached hydrogens (primary N) is 1. The van der Waals surface area contributed by atoms with Gasteiger partial charge in [0.2, 0.25) is 0 Å². The Morgan fingerprint density at radius 2 is 1.82 bits per heavy atom. The average molecular weight is 175 g/mol. The molecule has 0 bridgehead atoms. The van der Waals surface area contributed by atoms with Crippen LogP contribution in [0.1, 0.15) is 6.42 Å². The summed E-state index contributed by atoms with van der Waals surface area (Å²) in [5.74, 6) is -4.21. The lowest BCUT2D eigenvalue weighted by Crippen LogP contribution is -2.46. The Kier molecular flexibility index (Phi) is 3.74. The standard InChI is InChI=1S/C5H9F4NO/c6-4(7)5(8,9)3(10)1-2-11/h3-4,11H,1-2,10H2. The van der Waals surface area contributed by atoms with Gasteiger partial charge in [-0.05, 0) is 6.42 Å². The minimum atomic E-state index is -4.21. The number of alkyl halides is 4. The van der Waals surface area contributed by atoms with Crippen LogP contribution in [0, 0.1) is 0 Å². The predicted molar refractivity (Wildman–Crippen MR) is 30.6 cm³/mol. The molecule has 1 unspecified atom stereocenters. The molecule has 0 heterocycles. The molecule has 0 aliphatic rings. The van der Waals surface area contributed by atoms with Crippen LogP contribution in [0.25, 0.3) is 0 Å². The van der Waals surface area contributed by atoms with E-state index in [1.807, 2.05) is 0 Å². The monoisotopic (exact) mass is 175 g/mol. The van der Waals surface area contributed by atoms with Crippen molar-refractivity contribution in [2.24, 2.45) is 5.73 Å². The SMILES string of the molecule is NC(CCO)C(F)(F)C(F)F. The Bertz CT molecular complexity index is 119. The second kappa shape index (κ2) is 3.87. The van der Waals surface area contributed by atoms with Crippen molar-refractivity contribution in [1.82, 2.24) is 0 Å². The first-order valence-corrected chi connectivity index (χ1v) is 2.95. The topological polar surface area (TPSA) is 46.2 Å². The first-order chi connectivity index (χ1) is 4.92. The van der Waals surface area contributed by atoms with Crippen molar-refractivity contribution >= 4 is 0 Å². The zero-order valence-corrected chi connectivity index (χ0v) is 5.61. The molecule has 0 fully saturated rings. The number of rotatable bonds is 4. The smallest absolute Gasteiger partial charge is 0.322 e. The molecule has 0 amide bonds. The van der Waals surface area contributed by atoms with Crippen LogP contribution in [0.2, 0.25) is 0 Å². The Balaban J connectivity index is 4.05. The van der Waals surface area contributed by atoms with Crippen molar-refractivity contribution in [1.29, 1.82) is 0 Å². The van der Waals surface area contributed by atoms with Crippen molar-refractivity contribution < 1.29 is 22.7 Å². The number of aliphatic hydroxyl groups is 1. The van der Waals surface area contributed by atoms with Gasteiger partial charge in [-0.2, -0.15) is 8.78 Å². The molecule has 6 heteroatoms. The Morgan fingerprint density at radius 3 is 2.09 bits per heavy atom. The van der Waals surface area contributed by atoms with E-state index in [4.69, 9.17) is 5.11 Å². The summed E-state index contributed by atoms with van der Waals surface area (Å²) >= 11 is 0. The van der Waals surface area contributed by atoms with Crippen molar-refractivity contribution in [2.45, 2.75) is 24.8 Å². The molecule has 0 aromatic heterocycles. The van der Waals surface area contributed by atoms with Crippen LogP contribution in [0.15, 0.2) is 0 Å². The third kappa shape index (κ3) is 2.63. The van der Waals surface area contributed by atoms with E-state index in [0.29, 0.717) is 0 Å². The van der Waals surface area contributed by atoms with Gasteiger partial charge in [0.15, 0.2) is 0 Å². The molecule has 68 valence electrons. The summed E-state index contributed by atoms with van der Waals surface area (Å²) in [6, 6.07) is -1.98. The summed E-state index contributed by atoms with van der Waals surface area (Å²) in [6.45, 7) is -0.622. The van der Waals surface area contributed by atoms with Gasteiger partial charge in [-0.15, -0.1) is 0 Å². The zero-order chi connectivity index (χ0) is 9.07. The predicted octanol–water partition coefficient (Wildman–Crippen LogP) is 0.597. The molecule has 1 atom stereocenters. The van der Waals surface area contributed by atoms with Crippen molar-refractivity contribution in [3.05, 3.63) is 0 Å². The molecule has 0 spiro atoms. The van der Waals surface area contributed by atoms with E-state index in [1.165, 1.54) is 0 Å². The van der Waals surface area contributed by atoms with Crippen molar-refractivity contribution in [3.63, 3.8) is 0 Å². The second-order valence-electron chi connectivity index (χ2n) is 2.09. The quantitative estimate of drug-likeness (QED) is 0.614. The van der Waals surface area contributed by atoms with Crippen molar-refractivity contribution in [3.8, 4) is 0 Å². The first-order valence-electron chi connectivity index (χ1n) is 2.95. The molecule has 0 saturated carbocycles. The summed E-state index contributed by atoms with van der Waals surface area (Å²) in [6.07, 6.45) is -4.30. The molecule has 0 aromatic carbocycles. The van der Waals surface area contributed by atoms with E-state index in [2.05, 4.69) is 5.73 Å². The lowest BCUT2D eigenvalue weighted by molar-refractivity contribution is -0.145. The van der Waals surface area contributed by atoms with Gasteiger partial charge in [0.1, 0.15) is 0 Å². The fraction of sp³-hybridized carbons (Fsp3) is 1.00. The van der Waals surface area contributed by atoms with Crippen LogP contribution in [-0.2, 0) is 0 Å². The minimum absolute atomic E-state index is 0.530. The van der Waals surface area contributed by atoms with Crippen LogP contribution in [-0.4, -0.2) is 30.1 Å². The van der Waals surface area contributed by atoms with E-state index in [0.717, 1.165) is 0 Å². The highest BCUT2D eigenvalue weighted by Gasteiger charge is 2.46. The van der Waals surface area contributed by atoms with E-state index in [-0.39, 0.29) is 0 Å². The maximum absolute atomic E-state index is 12.1. The third-order valence-corrected chi connectivity index (χ3v) is 1.23. The van der Waals surface area contributed by atoms with Gasteiger partial charge in [0.25, 0.3) is 0 Å². The highest BCUT2D eigenvalue weighted by Crippen LogP contribution is 2.26. The fourth-order valence-electron chi connectivity index (χ4n) is 0.493. The minimum Gasteiger partial charge on any atom is -0.396 e. The molecular formula is C5H9F4NO. The van der Waals surface area contributed by atoms with Crippen LogP contribution >= 0.6 is 0 Å². The largest absolute Gasteiger partial charge is 0.396 e. The van der Waals surface area contributed by atoms with Gasteiger partial charge in [-0.3, -0.25) is 0 Å². The number of hydrogen-bond acceptors (Lipinski definition) is 2. The van der Waals surface area contributed by atoms with Crippen LogP contribution < -0.4 is 5.73 Å². The highest BCUT2D eigenvalue weighted by atomic mass is 19.3. The van der Waals surface area contributed by atoms with Crippen molar-refractivity contribution in [2.75, 3.05) is 6.61 Å². The van der Waals surface area contributed by atoms with E-state index >= 15 is 0 Å². The Morgan fingerprint density at radius 1 is 1.36 bits per heavy atom. The second-order valence-corrected chi connectivity index (χ2v) is 2.09. The zero-order valence-electron chi connectivity index (χ0n) is 5.61. The average Bonchev–Trinajstić information content (AvgIpc) is 1.88. The van der Waals surface area contributed by atoms with E-state index in [1.54, 1.807) is 0 Å². The van der Waals surface area contributed by atoms with Gasteiger partial charge >= 0.3 is 12.3 Å². The Hall–Kier alpha value is -0.360. The van der Waals surface area contributed by atoms with Gasteiger partial charge in [0, 0.05) is 6.61 Å². The van der Waals surface area contributed by atoms with Gasteiger partial charge in [-0.25, -0.2) is 8.78 Å². The third-order valence-electron chi connectivity index (χ3n) is 1.23. The summed E-state index contributed by atoms with van der Waals surface area (Å²) in [4.78, 5) is 0. The molecule has 3 N–H and O–H groups in total. The summed E-state index contributed by atoms with van der Waals surface area (Å²) in [5, 5.41) is 8.12. The Labute approximate surface area is 61.0 Å². The summed E-state index contributed by atoms with van der Waals surface area (Å²) < 4.78 is 47.2. The molecule has 2 nitrogen and oxygen atoms in total. The van der Waals surface area contributed by atoms with Crippen LogP contribution in [0.3, 0.4) is 0 Å². The molecule has 0 radical (unpaired) electrons. The maximum atomic E-state index is 12.1. The number of aliphatic hydroxyl groups excluding tert-OH is 1. The summed E-state index contributed by atoms with van der Waals surface area (Å²) in [7, 11) is 0. The molecule has 11 heavy (non-hydrogen) atoms. The number of hydrogen-bond donors (Lipinski definition) is 2. The summed E-state index contributed by atoms with van der Waals surface area (Å²) in [5.41, 5.74) is 4.67. The maximum Gasteiger partial charge on any atom is 0.322 e. The number of halogens is 4. The van der Waals surface area contributed by atoms with Crippen LogP contribution in [0.5, 0.6) is 0 Å². The van der Waals surface area contributed by atoms with Gasteiger partial charge in [-0.1, -0.05) is 0 Å². The normalized spacial score (nSPS) is 15.5. The lowest BCUT2D eigenvalue weighted by Gasteiger charge is -2.21. The van der Waals surface area contributed by atoms with Crippen LogP contribution in [0.4, 0.5) is 17.6 Å². The molecule has 0 aliphatic carbocycles. The van der Waals surface area contributed by atoms with E-state index < -0.39 is 31.4 Å². The lowest BCUT2D eigenvalue weighted by atomic mass is 10.1. The molecule has 0 saturated heterocycles.